The van der Waals surface area contributed by atoms with Crippen molar-refractivity contribution >= 4 is 5.82 Å². The number of rotatable bonds is 1. The molecule has 0 aromatic carbocycles. The number of H-pyrrole nitrogens is 1. The number of likely N-dealkylation sites (tertiary alicyclic amines) is 1. The summed E-state index contributed by atoms with van der Waals surface area (Å²) in [6.45, 7) is 5.10. The smallest absolute Gasteiger partial charge is 0.252 e. The lowest BCUT2D eigenvalue weighted by Gasteiger charge is -2.46. The number of piperidine rings is 2. The number of nitrogens with one attached hydrogen (secondary N) is 1. The van der Waals surface area contributed by atoms with Crippen molar-refractivity contribution in [1.29, 1.82) is 0 Å². The second-order valence-electron chi connectivity index (χ2n) is 5.87. The van der Waals surface area contributed by atoms with E-state index < -0.39 is 0 Å². The largest absolute Gasteiger partial charge is 0.356 e. The summed E-state index contributed by atoms with van der Waals surface area (Å²) in [6, 6.07) is 2.34. The average molecular weight is 262 g/mol. The molecule has 2 atom stereocenters. The van der Waals surface area contributed by atoms with Crippen LogP contribution in [-0.2, 0) is 0 Å². The maximum atomic E-state index is 11.6. The molecule has 0 saturated carbocycles. The van der Waals surface area contributed by atoms with Crippen LogP contribution in [0.5, 0.6) is 0 Å². The SMILES string of the molecule is Cc1nc(N2CCC3C(CCCN3C)C2)cc(=O)[nH]1. The number of hydrogen-bond donors (Lipinski definition) is 1. The number of nitrogens with zero attached hydrogens (tertiary/aromatic N) is 3. The Balaban J connectivity index is 1.79. The number of fused-ring (bicyclic) bond motifs is 1. The fourth-order valence-electron chi connectivity index (χ4n) is 3.59. The van der Waals surface area contributed by atoms with Gasteiger partial charge in [0.2, 0.25) is 0 Å². The highest BCUT2D eigenvalue weighted by Crippen LogP contribution is 2.30. The van der Waals surface area contributed by atoms with Gasteiger partial charge in [0.1, 0.15) is 11.6 Å². The molecule has 2 aliphatic heterocycles. The van der Waals surface area contributed by atoms with Crippen molar-refractivity contribution in [3.05, 3.63) is 22.2 Å². The molecule has 2 unspecified atom stereocenters. The van der Waals surface area contributed by atoms with E-state index in [1.54, 1.807) is 6.07 Å². The number of aromatic amines is 1. The minimum Gasteiger partial charge on any atom is -0.356 e. The van der Waals surface area contributed by atoms with Crippen LogP contribution < -0.4 is 10.5 Å². The van der Waals surface area contributed by atoms with Gasteiger partial charge in [0.25, 0.3) is 5.56 Å². The molecule has 5 nitrogen and oxygen atoms in total. The van der Waals surface area contributed by atoms with Crippen LogP contribution in [0.1, 0.15) is 25.1 Å². The Morgan fingerprint density at radius 2 is 2.21 bits per heavy atom. The van der Waals surface area contributed by atoms with Crippen LogP contribution in [0.3, 0.4) is 0 Å². The normalized spacial score (nSPS) is 28.2. The minimum atomic E-state index is -0.0506. The zero-order chi connectivity index (χ0) is 13.4. The van der Waals surface area contributed by atoms with Crippen molar-refractivity contribution in [3.63, 3.8) is 0 Å². The number of aromatic nitrogens is 2. The maximum absolute atomic E-state index is 11.6. The Morgan fingerprint density at radius 1 is 1.37 bits per heavy atom. The van der Waals surface area contributed by atoms with Crippen LogP contribution >= 0.6 is 0 Å². The van der Waals surface area contributed by atoms with Gasteiger partial charge in [-0.2, -0.15) is 0 Å². The molecule has 0 spiro atoms. The molecular weight excluding hydrogens is 240 g/mol. The molecule has 3 heterocycles. The first-order chi connectivity index (χ1) is 9.13. The molecule has 19 heavy (non-hydrogen) atoms. The van der Waals surface area contributed by atoms with Crippen molar-refractivity contribution in [2.75, 3.05) is 31.6 Å². The van der Waals surface area contributed by atoms with Gasteiger partial charge in [-0.1, -0.05) is 0 Å². The van der Waals surface area contributed by atoms with Crippen LogP contribution in [0.2, 0.25) is 0 Å². The molecule has 0 radical (unpaired) electrons. The van der Waals surface area contributed by atoms with E-state index in [4.69, 9.17) is 0 Å². The minimum absolute atomic E-state index is 0.0506. The summed E-state index contributed by atoms with van der Waals surface area (Å²) >= 11 is 0. The van der Waals surface area contributed by atoms with Crippen LogP contribution in [-0.4, -0.2) is 47.6 Å². The van der Waals surface area contributed by atoms with Gasteiger partial charge in [0.05, 0.1) is 0 Å². The lowest BCUT2D eigenvalue weighted by atomic mass is 9.84. The molecule has 2 saturated heterocycles. The third kappa shape index (κ3) is 2.52. The summed E-state index contributed by atoms with van der Waals surface area (Å²) in [7, 11) is 2.24. The molecule has 3 rings (SSSR count). The molecule has 104 valence electrons. The fourth-order valence-corrected chi connectivity index (χ4v) is 3.59. The standard InChI is InChI=1S/C14H22N4O/c1-10-15-13(8-14(19)16-10)18-7-5-12-11(9-18)4-3-6-17(12)2/h8,11-12H,3-7,9H2,1-2H3,(H,15,16,19). The Hall–Kier alpha value is -1.36. The molecule has 0 amide bonds. The first-order valence-electron chi connectivity index (χ1n) is 7.16. The van der Waals surface area contributed by atoms with Gasteiger partial charge < -0.3 is 14.8 Å². The van der Waals surface area contributed by atoms with Gasteiger partial charge >= 0.3 is 0 Å². The Bertz CT molecular complexity index is 512. The summed E-state index contributed by atoms with van der Waals surface area (Å²) in [4.78, 5) is 23.5. The van der Waals surface area contributed by atoms with Crippen LogP contribution in [0.15, 0.2) is 10.9 Å². The molecule has 1 aromatic rings. The number of aryl methyl sites for hydroxylation is 1. The zero-order valence-electron chi connectivity index (χ0n) is 11.7. The zero-order valence-corrected chi connectivity index (χ0v) is 11.7. The predicted molar refractivity (Wildman–Crippen MR) is 75.6 cm³/mol. The van der Waals surface area contributed by atoms with Crippen molar-refractivity contribution in [1.82, 2.24) is 14.9 Å². The number of anilines is 1. The Kier molecular flexibility index (Phi) is 3.31. The van der Waals surface area contributed by atoms with Crippen LogP contribution in [0, 0.1) is 12.8 Å². The highest BCUT2D eigenvalue weighted by molar-refractivity contribution is 5.38. The van der Waals surface area contributed by atoms with Gasteiger partial charge in [0.15, 0.2) is 0 Å². The van der Waals surface area contributed by atoms with E-state index in [1.807, 2.05) is 6.92 Å². The van der Waals surface area contributed by atoms with Crippen molar-refractivity contribution in [2.24, 2.45) is 5.92 Å². The monoisotopic (exact) mass is 262 g/mol. The van der Waals surface area contributed by atoms with Gasteiger partial charge in [-0.25, -0.2) is 4.98 Å². The maximum Gasteiger partial charge on any atom is 0.252 e. The third-order valence-corrected chi connectivity index (χ3v) is 4.52. The quantitative estimate of drug-likeness (QED) is 0.820. The molecule has 2 fully saturated rings. The van der Waals surface area contributed by atoms with E-state index in [0.29, 0.717) is 17.8 Å². The Labute approximate surface area is 113 Å². The molecule has 1 aromatic heterocycles. The van der Waals surface area contributed by atoms with Gasteiger partial charge in [-0.15, -0.1) is 0 Å². The molecule has 0 aliphatic carbocycles. The molecule has 0 bridgehead atoms. The second-order valence-corrected chi connectivity index (χ2v) is 5.87. The van der Waals surface area contributed by atoms with Crippen molar-refractivity contribution in [2.45, 2.75) is 32.2 Å². The lowest BCUT2D eigenvalue weighted by Crippen LogP contribution is -2.53. The lowest BCUT2D eigenvalue weighted by molar-refractivity contribution is 0.102. The highest BCUT2D eigenvalue weighted by Gasteiger charge is 2.34. The summed E-state index contributed by atoms with van der Waals surface area (Å²) in [5, 5.41) is 0. The first-order valence-corrected chi connectivity index (χ1v) is 7.16. The van der Waals surface area contributed by atoms with E-state index in [-0.39, 0.29) is 5.56 Å². The summed E-state index contributed by atoms with van der Waals surface area (Å²) < 4.78 is 0. The van der Waals surface area contributed by atoms with Crippen LogP contribution in [0.25, 0.3) is 0 Å². The summed E-state index contributed by atoms with van der Waals surface area (Å²) in [6.07, 6.45) is 3.76. The first kappa shape index (κ1) is 12.7. The van der Waals surface area contributed by atoms with E-state index >= 15 is 0 Å². The Morgan fingerprint density at radius 3 is 3.00 bits per heavy atom. The van der Waals surface area contributed by atoms with Gasteiger partial charge in [-0.05, 0) is 45.7 Å². The fraction of sp³-hybridized carbons (Fsp3) is 0.714. The van der Waals surface area contributed by atoms with E-state index in [2.05, 4.69) is 26.8 Å². The summed E-state index contributed by atoms with van der Waals surface area (Å²) in [5.41, 5.74) is -0.0506. The topological polar surface area (TPSA) is 52.2 Å². The van der Waals surface area contributed by atoms with E-state index in [0.717, 1.165) is 18.9 Å². The van der Waals surface area contributed by atoms with E-state index in [9.17, 15) is 4.79 Å². The highest BCUT2D eigenvalue weighted by atomic mass is 16.1. The molecule has 1 N–H and O–H groups in total. The predicted octanol–water partition coefficient (Wildman–Crippen LogP) is 0.999. The molecule has 5 heteroatoms. The van der Waals surface area contributed by atoms with E-state index in [1.165, 1.54) is 25.8 Å². The van der Waals surface area contributed by atoms with Crippen LogP contribution in [0.4, 0.5) is 5.82 Å². The van der Waals surface area contributed by atoms with Gasteiger partial charge in [-0.3, -0.25) is 4.79 Å². The molecular formula is C14H22N4O. The molecule has 2 aliphatic rings. The van der Waals surface area contributed by atoms with Gasteiger partial charge in [0, 0.05) is 25.2 Å². The average Bonchev–Trinajstić information content (AvgIpc) is 2.37. The third-order valence-electron chi connectivity index (χ3n) is 4.52. The van der Waals surface area contributed by atoms with Crippen molar-refractivity contribution in [3.8, 4) is 0 Å². The second kappa shape index (κ2) is 4.96. The van der Waals surface area contributed by atoms with Crippen molar-refractivity contribution < 1.29 is 0 Å². The number of hydrogen-bond acceptors (Lipinski definition) is 4. The summed E-state index contributed by atoms with van der Waals surface area (Å²) in [5.74, 6) is 2.26.